The van der Waals surface area contributed by atoms with Crippen molar-refractivity contribution in [3.8, 4) is 5.75 Å². The Morgan fingerprint density at radius 2 is 2.25 bits per heavy atom. The molecular weight excluding hydrogens is 200 g/mol. The van der Waals surface area contributed by atoms with Gasteiger partial charge in [-0.05, 0) is 37.8 Å². The predicted octanol–water partition coefficient (Wildman–Crippen LogP) is 3.01. The lowest BCUT2D eigenvalue weighted by Gasteiger charge is -2.16. The Balaban J connectivity index is 2.30. The van der Waals surface area contributed by atoms with Gasteiger partial charge in [0.2, 0.25) is 0 Å². The van der Waals surface area contributed by atoms with Crippen molar-refractivity contribution in [2.24, 2.45) is 5.92 Å². The molecule has 1 aliphatic carbocycles. The topological polar surface area (TPSA) is 29.5 Å². The lowest BCUT2D eigenvalue weighted by atomic mass is 10.0. The lowest BCUT2D eigenvalue weighted by molar-refractivity contribution is 0.125. The number of aryl methyl sites for hydroxylation is 1. The van der Waals surface area contributed by atoms with Gasteiger partial charge in [-0.25, -0.2) is 0 Å². The summed E-state index contributed by atoms with van der Waals surface area (Å²) < 4.78 is 5.33. The quantitative estimate of drug-likeness (QED) is 0.845. The minimum absolute atomic E-state index is 0.410. The molecule has 88 valence electrons. The van der Waals surface area contributed by atoms with E-state index in [2.05, 4.69) is 13.0 Å². The van der Waals surface area contributed by atoms with Crippen molar-refractivity contribution < 1.29 is 9.84 Å². The maximum absolute atomic E-state index is 10.5. The van der Waals surface area contributed by atoms with Gasteiger partial charge in [0, 0.05) is 5.56 Å². The van der Waals surface area contributed by atoms with E-state index in [1.165, 1.54) is 5.56 Å². The van der Waals surface area contributed by atoms with Gasteiger partial charge in [-0.3, -0.25) is 0 Å². The Morgan fingerprint density at radius 3 is 2.88 bits per heavy atom. The Kier molecular flexibility index (Phi) is 2.94. The summed E-state index contributed by atoms with van der Waals surface area (Å²) >= 11 is 0. The first-order valence-electron chi connectivity index (χ1n) is 5.99. The molecule has 0 amide bonds. The highest BCUT2D eigenvalue weighted by molar-refractivity contribution is 5.44. The highest BCUT2D eigenvalue weighted by Crippen LogP contribution is 2.56. The van der Waals surface area contributed by atoms with E-state index in [0.29, 0.717) is 5.92 Å². The second-order valence-electron chi connectivity index (χ2n) is 4.82. The molecule has 16 heavy (non-hydrogen) atoms. The van der Waals surface area contributed by atoms with Crippen LogP contribution in [0.1, 0.15) is 37.3 Å². The summed E-state index contributed by atoms with van der Waals surface area (Å²) in [6, 6.07) is 6.02. The van der Waals surface area contributed by atoms with Gasteiger partial charge >= 0.3 is 0 Å². The van der Waals surface area contributed by atoms with E-state index in [4.69, 9.17) is 4.74 Å². The Morgan fingerprint density at radius 1 is 1.50 bits per heavy atom. The molecule has 2 atom stereocenters. The third kappa shape index (κ3) is 1.82. The fourth-order valence-electron chi connectivity index (χ4n) is 2.50. The number of ether oxygens (including phenoxy) is 1. The average molecular weight is 220 g/mol. The van der Waals surface area contributed by atoms with Crippen molar-refractivity contribution in [3.05, 3.63) is 29.3 Å². The molecule has 2 rings (SSSR count). The molecule has 0 aromatic heterocycles. The van der Waals surface area contributed by atoms with E-state index < -0.39 is 5.60 Å². The van der Waals surface area contributed by atoms with Gasteiger partial charge in [-0.15, -0.1) is 0 Å². The Bertz CT molecular complexity index is 386. The zero-order chi connectivity index (χ0) is 11.8. The van der Waals surface area contributed by atoms with Crippen LogP contribution in [0, 0.1) is 12.8 Å². The van der Waals surface area contributed by atoms with E-state index in [1.807, 2.05) is 19.1 Å². The summed E-state index contributed by atoms with van der Waals surface area (Å²) in [5, 5.41) is 10.5. The lowest BCUT2D eigenvalue weighted by Crippen LogP contribution is -2.11. The number of rotatable bonds is 4. The van der Waals surface area contributed by atoms with Crippen LogP contribution < -0.4 is 4.74 Å². The van der Waals surface area contributed by atoms with E-state index in [1.54, 1.807) is 7.11 Å². The summed E-state index contributed by atoms with van der Waals surface area (Å²) in [6.07, 6.45) is 3.09. The first-order chi connectivity index (χ1) is 7.61. The molecule has 1 aromatic rings. The van der Waals surface area contributed by atoms with Gasteiger partial charge in [0.15, 0.2) is 0 Å². The summed E-state index contributed by atoms with van der Waals surface area (Å²) in [4.78, 5) is 0. The summed E-state index contributed by atoms with van der Waals surface area (Å²) in [7, 11) is 1.66. The molecule has 0 spiro atoms. The van der Waals surface area contributed by atoms with Gasteiger partial charge in [0.05, 0.1) is 12.7 Å². The molecule has 2 nitrogen and oxygen atoms in total. The fraction of sp³-hybridized carbons (Fsp3) is 0.571. The van der Waals surface area contributed by atoms with Crippen LogP contribution in [0.5, 0.6) is 5.75 Å². The molecule has 0 radical (unpaired) electrons. The minimum Gasteiger partial charge on any atom is -0.496 e. The molecule has 1 N–H and O–H groups in total. The molecule has 0 aliphatic heterocycles. The maximum Gasteiger partial charge on any atom is 0.124 e. The van der Waals surface area contributed by atoms with Crippen LogP contribution in [-0.4, -0.2) is 12.2 Å². The summed E-state index contributed by atoms with van der Waals surface area (Å²) in [5.74, 6) is 1.22. The van der Waals surface area contributed by atoms with Gasteiger partial charge < -0.3 is 9.84 Å². The monoisotopic (exact) mass is 220 g/mol. The number of benzene rings is 1. The molecule has 0 saturated heterocycles. The first kappa shape index (κ1) is 11.5. The number of hydrogen-bond donors (Lipinski definition) is 1. The second kappa shape index (κ2) is 4.10. The number of methoxy groups -OCH3 is 1. The van der Waals surface area contributed by atoms with Crippen LogP contribution in [0.15, 0.2) is 18.2 Å². The van der Waals surface area contributed by atoms with E-state index >= 15 is 0 Å². The van der Waals surface area contributed by atoms with Crippen LogP contribution in [0.25, 0.3) is 0 Å². The third-order valence-electron chi connectivity index (χ3n) is 3.53. The van der Waals surface area contributed by atoms with Crippen molar-refractivity contribution >= 4 is 0 Å². The standard InChI is InChI=1S/C14H20O2/c1-4-5-11-9-14(11,15)12-8-10(2)6-7-13(12)16-3/h6-8,11,15H,4-5,9H2,1-3H3. The largest absolute Gasteiger partial charge is 0.496 e. The molecular formula is C14H20O2. The Hall–Kier alpha value is -1.02. The van der Waals surface area contributed by atoms with Crippen LogP contribution in [-0.2, 0) is 5.60 Å². The van der Waals surface area contributed by atoms with Crippen molar-refractivity contribution in [2.45, 2.75) is 38.7 Å². The molecule has 0 bridgehead atoms. The van der Waals surface area contributed by atoms with Crippen LogP contribution >= 0.6 is 0 Å². The molecule has 1 aromatic carbocycles. The van der Waals surface area contributed by atoms with Gasteiger partial charge in [0.25, 0.3) is 0 Å². The number of hydrogen-bond acceptors (Lipinski definition) is 2. The van der Waals surface area contributed by atoms with Gasteiger partial charge in [-0.1, -0.05) is 25.0 Å². The third-order valence-corrected chi connectivity index (χ3v) is 3.53. The van der Waals surface area contributed by atoms with E-state index in [-0.39, 0.29) is 0 Å². The molecule has 2 heteroatoms. The highest BCUT2D eigenvalue weighted by atomic mass is 16.5. The highest BCUT2D eigenvalue weighted by Gasteiger charge is 2.54. The molecule has 1 fully saturated rings. The molecule has 0 heterocycles. The smallest absolute Gasteiger partial charge is 0.124 e. The average Bonchev–Trinajstić information content (AvgIpc) is 2.91. The minimum atomic E-state index is -0.632. The van der Waals surface area contributed by atoms with Crippen LogP contribution in [0.3, 0.4) is 0 Å². The zero-order valence-electron chi connectivity index (χ0n) is 10.3. The molecule has 1 aliphatic rings. The van der Waals surface area contributed by atoms with Crippen molar-refractivity contribution in [1.82, 2.24) is 0 Å². The Labute approximate surface area is 97.3 Å². The van der Waals surface area contributed by atoms with Crippen molar-refractivity contribution in [1.29, 1.82) is 0 Å². The summed E-state index contributed by atoms with van der Waals surface area (Å²) in [6.45, 7) is 4.20. The van der Waals surface area contributed by atoms with Gasteiger partial charge in [0.1, 0.15) is 5.75 Å². The SMILES string of the molecule is CCCC1CC1(O)c1cc(C)ccc1OC. The predicted molar refractivity (Wildman–Crippen MR) is 64.6 cm³/mol. The maximum atomic E-state index is 10.5. The van der Waals surface area contributed by atoms with E-state index in [9.17, 15) is 5.11 Å². The van der Waals surface area contributed by atoms with Crippen molar-refractivity contribution in [3.63, 3.8) is 0 Å². The van der Waals surface area contributed by atoms with E-state index in [0.717, 1.165) is 30.6 Å². The molecule has 2 unspecified atom stereocenters. The summed E-state index contributed by atoms with van der Waals surface area (Å²) in [5.41, 5.74) is 1.51. The second-order valence-corrected chi connectivity index (χ2v) is 4.82. The van der Waals surface area contributed by atoms with Crippen LogP contribution in [0.2, 0.25) is 0 Å². The fourth-order valence-corrected chi connectivity index (χ4v) is 2.50. The van der Waals surface area contributed by atoms with Crippen LogP contribution in [0.4, 0.5) is 0 Å². The number of aliphatic hydroxyl groups is 1. The normalized spacial score (nSPS) is 27.9. The first-order valence-corrected chi connectivity index (χ1v) is 5.99. The zero-order valence-corrected chi connectivity index (χ0v) is 10.3. The van der Waals surface area contributed by atoms with Crippen molar-refractivity contribution in [2.75, 3.05) is 7.11 Å². The van der Waals surface area contributed by atoms with Gasteiger partial charge in [-0.2, -0.15) is 0 Å². The molecule has 1 saturated carbocycles.